The lowest BCUT2D eigenvalue weighted by Gasteiger charge is -2.11. The number of hydrogen-bond acceptors (Lipinski definition) is 1. The van der Waals surface area contributed by atoms with Crippen LogP contribution < -0.4 is 5.32 Å². The van der Waals surface area contributed by atoms with Gasteiger partial charge < -0.3 is 5.32 Å². The van der Waals surface area contributed by atoms with Gasteiger partial charge in [0.1, 0.15) is 0 Å². The molecule has 1 heterocycles. The third kappa shape index (κ3) is 2.05. The van der Waals surface area contributed by atoms with Crippen LogP contribution in [0.3, 0.4) is 0 Å². The van der Waals surface area contributed by atoms with E-state index >= 15 is 0 Å². The van der Waals surface area contributed by atoms with Gasteiger partial charge in [-0.1, -0.05) is 29.3 Å². The van der Waals surface area contributed by atoms with E-state index in [-0.39, 0.29) is 0 Å². The lowest BCUT2D eigenvalue weighted by atomic mass is 9.97. The summed E-state index contributed by atoms with van der Waals surface area (Å²) in [5.41, 5.74) is 1.22. The molecule has 2 rings (SSSR count). The number of nitrogens with one attached hydrogen (secondary N) is 1. The third-order valence-corrected chi connectivity index (χ3v) is 3.32. The molecule has 0 radical (unpaired) electrons. The van der Waals surface area contributed by atoms with E-state index in [2.05, 4.69) is 12.2 Å². The molecular formula is C11H13Cl2N. The fourth-order valence-corrected chi connectivity index (χ4v) is 2.57. The van der Waals surface area contributed by atoms with Crippen molar-refractivity contribution in [3.05, 3.63) is 33.8 Å². The molecule has 76 valence electrons. The molecule has 1 aromatic rings. The van der Waals surface area contributed by atoms with E-state index in [1.165, 1.54) is 5.56 Å². The summed E-state index contributed by atoms with van der Waals surface area (Å²) >= 11 is 12.0. The van der Waals surface area contributed by atoms with Gasteiger partial charge >= 0.3 is 0 Å². The Bertz CT molecular complexity index is 338. The number of hydrogen-bond donors (Lipinski definition) is 1. The maximum absolute atomic E-state index is 6.15. The highest BCUT2D eigenvalue weighted by molar-refractivity contribution is 6.35. The Morgan fingerprint density at radius 2 is 2.14 bits per heavy atom. The third-order valence-electron chi connectivity index (χ3n) is 2.75. The Labute approximate surface area is 94.4 Å². The van der Waals surface area contributed by atoms with Gasteiger partial charge in [-0.05, 0) is 37.0 Å². The minimum atomic E-state index is 0.537. The fourth-order valence-electron chi connectivity index (χ4n) is 2.01. The molecule has 0 aliphatic carbocycles. The van der Waals surface area contributed by atoms with E-state index in [4.69, 9.17) is 23.2 Å². The SMILES string of the molecule is CC1CC(c2ccc(Cl)cc2Cl)CN1. The van der Waals surface area contributed by atoms with Gasteiger partial charge in [-0.25, -0.2) is 0 Å². The van der Waals surface area contributed by atoms with Crippen molar-refractivity contribution in [2.24, 2.45) is 0 Å². The van der Waals surface area contributed by atoms with Crippen LogP contribution in [-0.4, -0.2) is 12.6 Å². The Morgan fingerprint density at radius 3 is 2.71 bits per heavy atom. The molecule has 0 spiro atoms. The Hall–Kier alpha value is -0.240. The topological polar surface area (TPSA) is 12.0 Å². The first-order valence-corrected chi connectivity index (χ1v) is 5.60. The summed E-state index contributed by atoms with van der Waals surface area (Å²) in [5, 5.41) is 4.91. The summed E-state index contributed by atoms with van der Waals surface area (Å²) in [5.74, 6) is 0.537. The normalized spacial score (nSPS) is 26.8. The minimum Gasteiger partial charge on any atom is -0.314 e. The average molecular weight is 230 g/mol. The van der Waals surface area contributed by atoms with Crippen molar-refractivity contribution in [2.45, 2.75) is 25.3 Å². The van der Waals surface area contributed by atoms with Crippen LogP contribution in [0.25, 0.3) is 0 Å². The van der Waals surface area contributed by atoms with Gasteiger partial charge in [0.05, 0.1) is 0 Å². The highest BCUT2D eigenvalue weighted by Crippen LogP contribution is 2.32. The molecule has 2 atom stereocenters. The summed E-state index contributed by atoms with van der Waals surface area (Å²) in [6.45, 7) is 3.21. The van der Waals surface area contributed by atoms with Crippen LogP contribution in [0.2, 0.25) is 10.0 Å². The number of benzene rings is 1. The van der Waals surface area contributed by atoms with Crippen LogP contribution in [0, 0.1) is 0 Å². The van der Waals surface area contributed by atoms with Crippen molar-refractivity contribution in [1.82, 2.24) is 5.32 Å². The minimum absolute atomic E-state index is 0.537. The molecule has 3 heteroatoms. The van der Waals surface area contributed by atoms with Crippen LogP contribution in [-0.2, 0) is 0 Å². The fraction of sp³-hybridized carbons (Fsp3) is 0.455. The molecule has 1 fully saturated rings. The summed E-state index contributed by atoms with van der Waals surface area (Å²) < 4.78 is 0. The molecule has 1 aliphatic rings. The van der Waals surface area contributed by atoms with E-state index in [0.717, 1.165) is 18.0 Å². The Kier molecular flexibility index (Phi) is 3.01. The Balaban J connectivity index is 2.24. The standard InChI is InChI=1S/C11H13Cl2N/c1-7-4-8(6-14-7)10-3-2-9(12)5-11(10)13/h2-3,5,7-8,14H,4,6H2,1H3. The lowest BCUT2D eigenvalue weighted by Crippen LogP contribution is -2.16. The molecule has 0 saturated carbocycles. The van der Waals surface area contributed by atoms with Crippen molar-refractivity contribution in [3.63, 3.8) is 0 Å². The molecule has 1 N–H and O–H groups in total. The van der Waals surface area contributed by atoms with Gasteiger partial charge in [-0.2, -0.15) is 0 Å². The quantitative estimate of drug-likeness (QED) is 0.778. The zero-order valence-corrected chi connectivity index (χ0v) is 9.57. The zero-order chi connectivity index (χ0) is 10.1. The summed E-state index contributed by atoms with van der Waals surface area (Å²) in [6.07, 6.45) is 1.15. The average Bonchev–Trinajstić information content (AvgIpc) is 2.51. The zero-order valence-electron chi connectivity index (χ0n) is 8.06. The molecule has 1 aliphatic heterocycles. The van der Waals surface area contributed by atoms with Crippen molar-refractivity contribution in [3.8, 4) is 0 Å². The highest BCUT2D eigenvalue weighted by atomic mass is 35.5. The molecule has 2 unspecified atom stereocenters. The van der Waals surface area contributed by atoms with E-state index < -0.39 is 0 Å². The van der Waals surface area contributed by atoms with Gasteiger partial charge in [-0.3, -0.25) is 0 Å². The molecule has 0 bridgehead atoms. The van der Waals surface area contributed by atoms with Gasteiger partial charge in [0.2, 0.25) is 0 Å². The van der Waals surface area contributed by atoms with E-state index in [0.29, 0.717) is 17.0 Å². The molecule has 1 nitrogen and oxygen atoms in total. The molecule has 0 amide bonds. The second-order valence-corrected chi connectivity index (χ2v) is 4.75. The molecule has 14 heavy (non-hydrogen) atoms. The summed E-state index contributed by atoms with van der Waals surface area (Å²) in [6, 6.07) is 6.36. The van der Waals surface area contributed by atoms with Crippen molar-refractivity contribution >= 4 is 23.2 Å². The van der Waals surface area contributed by atoms with Crippen molar-refractivity contribution in [1.29, 1.82) is 0 Å². The lowest BCUT2D eigenvalue weighted by molar-refractivity contribution is 0.658. The Morgan fingerprint density at radius 1 is 1.36 bits per heavy atom. The molecule has 1 aromatic carbocycles. The predicted molar refractivity (Wildman–Crippen MR) is 61.3 cm³/mol. The van der Waals surface area contributed by atoms with Crippen LogP contribution in [0.1, 0.15) is 24.8 Å². The van der Waals surface area contributed by atoms with Crippen molar-refractivity contribution in [2.75, 3.05) is 6.54 Å². The predicted octanol–water partition coefficient (Wildman–Crippen LogP) is 3.46. The smallest absolute Gasteiger partial charge is 0.0456 e. The van der Waals surface area contributed by atoms with Crippen LogP contribution in [0.4, 0.5) is 0 Å². The highest BCUT2D eigenvalue weighted by Gasteiger charge is 2.23. The number of halogens is 2. The first kappa shape index (κ1) is 10.3. The van der Waals surface area contributed by atoms with Crippen molar-refractivity contribution < 1.29 is 0 Å². The van der Waals surface area contributed by atoms with Gasteiger partial charge in [0.15, 0.2) is 0 Å². The maximum Gasteiger partial charge on any atom is 0.0456 e. The van der Waals surface area contributed by atoms with Gasteiger partial charge in [0, 0.05) is 22.6 Å². The van der Waals surface area contributed by atoms with E-state index in [9.17, 15) is 0 Å². The second kappa shape index (κ2) is 4.09. The molecular weight excluding hydrogens is 217 g/mol. The summed E-state index contributed by atoms with van der Waals surface area (Å²) in [4.78, 5) is 0. The maximum atomic E-state index is 6.15. The molecule has 1 saturated heterocycles. The van der Waals surface area contributed by atoms with Crippen LogP contribution in [0.15, 0.2) is 18.2 Å². The van der Waals surface area contributed by atoms with E-state index in [1.54, 1.807) is 0 Å². The van der Waals surface area contributed by atoms with Gasteiger partial charge in [-0.15, -0.1) is 0 Å². The second-order valence-electron chi connectivity index (χ2n) is 3.91. The monoisotopic (exact) mass is 229 g/mol. The van der Waals surface area contributed by atoms with Crippen LogP contribution >= 0.6 is 23.2 Å². The summed E-state index contributed by atoms with van der Waals surface area (Å²) in [7, 11) is 0. The first-order valence-electron chi connectivity index (χ1n) is 4.85. The largest absolute Gasteiger partial charge is 0.314 e. The number of rotatable bonds is 1. The molecule has 0 aromatic heterocycles. The van der Waals surface area contributed by atoms with Gasteiger partial charge in [0.25, 0.3) is 0 Å². The van der Waals surface area contributed by atoms with Crippen LogP contribution in [0.5, 0.6) is 0 Å². The first-order chi connectivity index (χ1) is 6.66. The van der Waals surface area contributed by atoms with E-state index in [1.807, 2.05) is 18.2 Å².